The molecule has 0 aliphatic heterocycles. The molecule has 7 heteroatoms. The lowest BCUT2D eigenvalue weighted by Gasteiger charge is -2.11. The van der Waals surface area contributed by atoms with Crippen LogP contribution in [0.1, 0.15) is 51.7 Å². The Bertz CT molecular complexity index is 1410. The van der Waals surface area contributed by atoms with Gasteiger partial charge in [-0.25, -0.2) is 9.37 Å². The fourth-order valence-electron chi connectivity index (χ4n) is 4.08. The number of pyridine rings is 1. The average Bonchev–Trinajstić information content (AvgIpc) is 3.35. The Labute approximate surface area is 213 Å². The monoisotopic (exact) mass is 505 g/mol. The van der Waals surface area contributed by atoms with E-state index in [1.54, 1.807) is 29.5 Å². The van der Waals surface area contributed by atoms with E-state index >= 15 is 0 Å². The maximum atomic E-state index is 13.1. The van der Waals surface area contributed by atoms with Gasteiger partial charge in [0.05, 0.1) is 12.8 Å². The summed E-state index contributed by atoms with van der Waals surface area (Å²) in [5, 5.41) is 3.22. The van der Waals surface area contributed by atoms with Gasteiger partial charge < -0.3 is 9.47 Å². The van der Waals surface area contributed by atoms with Crippen molar-refractivity contribution < 1.29 is 23.5 Å². The second kappa shape index (κ2) is 11.4. The van der Waals surface area contributed by atoms with E-state index in [0.717, 1.165) is 28.6 Å². The van der Waals surface area contributed by atoms with E-state index in [1.807, 2.05) is 25.1 Å². The third-order valence-corrected chi connectivity index (χ3v) is 7.18. The first-order valence-corrected chi connectivity index (χ1v) is 12.7. The maximum absolute atomic E-state index is 13.1. The van der Waals surface area contributed by atoms with Gasteiger partial charge in [0.25, 0.3) is 0 Å². The summed E-state index contributed by atoms with van der Waals surface area (Å²) in [6.07, 6.45) is 0.859. The van der Waals surface area contributed by atoms with E-state index < -0.39 is 6.67 Å². The van der Waals surface area contributed by atoms with Crippen molar-refractivity contribution in [2.75, 3.05) is 20.4 Å². The molecule has 2 aromatic heterocycles. The van der Waals surface area contributed by atoms with Gasteiger partial charge in [-0.05, 0) is 54.8 Å². The zero-order chi connectivity index (χ0) is 25.7. The molecule has 0 saturated carbocycles. The standard InChI is InChI=1S/C29H28FNO4S/c1-4-19-14-23(22-17-36-29-18(2)6-5-7-21(22)29)31-24(15-19)26(33)10-9-25(32)20-8-11-27(35-13-12-30)28(16-20)34-3/h5-8,11,14-17H,4,9-10,12-13H2,1-3H3. The Hall–Kier alpha value is -3.58. The summed E-state index contributed by atoms with van der Waals surface area (Å²) in [6.45, 7) is 3.42. The molecule has 0 atom stereocenters. The molecule has 0 amide bonds. The molecule has 2 aromatic carbocycles. The number of thiophene rings is 1. The third-order valence-electron chi connectivity index (χ3n) is 6.05. The summed E-state index contributed by atoms with van der Waals surface area (Å²) in [6, 6.07) is 14.8. The highest BCUT2D eigenvalue weighted by molar-refractivity contribution is 7.18. The number of Topliss-reactive ketones (excluding diaryl/α,β-unsaturated/α-hetero) is 2. The largest absolute Gasteiger partial charge is 0.493 e. The maximum Gasteiger partial charge on any atom is 0.181 e. The molecular weight excluding hydrogens is 477 g/mol. The van der Waals surface area contributed by atoms with Crippen LogP contribution in [0.3, 0.4) is 0 Å². The molecule has 186 valence electrons. The molecule has 0 unspecified atom stereocenters. The van der Waals surface area contributed by atoms with Crippen LogP contribution in [0.5, 0.6) is 11.5 Å². The van der Waals surface area contributed by atoms with Crippen LogP contribution >= 0.6 is 11.3 Å². The number of nitrogens with zero attached hydrogens (tertiary/aromatic N) is 1. The number of methoxy groups -OCH3 is 1. The normalized spacial score (nSPS) is 11.0. The van der Waals surface area contributed by atoms with Crippen LogP contribution in [0.25, 0.3) is 21.3 Å². The lowest BCUT2D eigenvalue weighted by Crippen LogP contribution is -2.08. The van der Waals surface area contributed by atoms with Crippen molar-refractivity contribution in [1.82, 2.24) is 4.98 Å². The predicted octanol–water partition coefficient (Wildman–Crippen LogP) is 7.04. The topological polar surface area (TPSA) is 65.5 Å². The van der Waals surface area contributed by atoms with Crippen LogP contribution < -0.4 is 9.47 Å². The Kier molecular flexibility index (Phi) is 8.10. The van der Waals surface area contributed by atoms with E-state index in [9.17, 15) is 14.0 Å². The third kappa shape index (κ3) is 5.46. The first-order valence-electron chi connectivity index (χ1n) is 11.9. The number of hydrogen-bond donors (Lipinski definition) is 0. The summed E-state index contributed by atoms with van der Waals surface area (Å²) in [5.74, 6) is 0.350. The van der Waals surface area contributed by atoms with E-state index in [4.69, 9.17) is 14.5 Å². The van der Waals surface area contributed by atoms with Crippen LogP contribution in [-0.2, 0) is 6.42 Å². The number of ether oxygens (including phenoxy) is 2. The molecular formula is C29H28FNO4S. The number of halogens is 1. The first kappa shape index (κ1) is 25.5. The molecule has 4 rings (SSSR count). The number of fused-ring (bicyclic) bond motifs is 1. The van der Waals surface area contributed by atoms with Gasteiger partial charge in [0.1, 0.15) is 19.0 Å². The van der Waals surface area contributed by atoms with E-state index in [2.05, 4.69) is 24.4 Å². The van der Waals surface area contributed by atoms with Gasteiger partial charge in [0.15, 0.2) is 23.1 Å². The molecule has 2 heterocycles. The van der Waals surface area contributed by atoms with E-state index in [1.165, 1.54) is 17.4 Å². The van der Waals surface area contributed by atoms with Crippen molar-refractivity contribution in [3.8, 4) is 22.8 Å². The number of carbonyl (C=O) groups is 2. The molecule has 0 radical (unpaired) electrons. The lowest BCUT2D eigenvalue weighted by molar-refractivity contribution is 0.0915. The lowest BCUT2D eigenvalue weighted by atomic mass is 10.0. The van der Waals surface area contributed by atoms with Crippen LogP contribution in [0, 0.1) is 6.92 Å². The Morgan fingerprint density at radius 2 is 1.83 bits per heavy atom. The van der Waals surface area contributed by atoms with Gasteiger partial charge in [-0.1, -0.05) is 25.1 Å². The Morgan fingerprint density at radius 3 is 2.58 bits per heavy atom. The zero-order valence-electron chi connectivity index (χ0n) is 20.6. The molecule has 36 heavy (non-hydrogen) atoms. The Morgan fingerprint density at radius 1 is 1.03 bits per heavy atom. The second-order valence-electron chi connectivity index (χ2n) is 8.45. The van der Waals surface area contributed by atoms with Gasteiger partial charge in [-0.15, -0.1) is 11.3 Å². The summed E-state index contributed by atoms with van der Waals surface area (Å²) in [5.41, 5.74) is 4.80. The van der Waals surface area contributed by atoms with Gasteiger partial charge in [-0.3, -0.25) is 9.59 Å². The average molecular weight is 506 g/mol. The molecule has 0 aliphatic carbocycles. The molecule has 0 aliphatic rings. The van der Waals surface area contributed by atoms with Crippen LogP contribution in [0.4, 0.5) is 4.39 Å². The SMILES string of the molecule is CCc1cc(C(=O)CCC(=O)c2ccc(OCCF)c(OC)c2)nc(-c2csc3c(C)cccc23)c1. The number of hydrogen-bond acceptors (Lipinski definition) is 6. The van der Waals surface area contributed by atoms with Crippen molar-refractivity contribution >= 4 is 33.0 Å². The number of benzene rings is 2. The molecule has 0 bridgehead atoms. The quantitative estimate of drug-likeness (QED) is 0.205. The van der Waals surface area contributed by atoms with Crippen molar-refractivity contribution in [2.45, 2.75) is 33.1 Å². The summed E-state index contributed by atoms with van der Waals surface area (Å²) in [4.78, 5) is 30.6. The number of alkyl halides is 1. The predicted molar refractivity (Wildman–Crippen MR) is 142 cm³/mol. The van der Waals surface area contributed by atoms with Gasteiger partial charge in [0.2, 0.25) is 0 Å². The highest BCUT2D eigenvalue weighted by Gasteiger charge is 2.17. The summed E-state index contributed by atoms with van der Waals surface area (Å²) >= 11 is 1.68. The minimum absolute atomic E-state index is 0.0423. The molecule has 0 spiro atoms. The van der Waals surface area contributed by atoms with E-state index in [0.29, 0.717) is 22.8 Å². The van der Waals surface area contributed by atoms with Crippen molar-refractivity contribution in [1.29, 1.82) is 0 Å². The molecule has 0 fully saturated rings. The number of ketones is 2. The smallest absolute Gasteiger partial charge is 0.181 e. The fraction of sp³-hybridized carbons (Fsp3) is 0.276. The minimum atomic E-state index is -0.622. The highest BCUT2D eigenvalue weighted by Crippen LogP contribution is 2.35. The van der Waals surface area contributed by atoms with Gasteiger partial charge >= 0.3 is 0 Å². The highest BCUT2D eigenvalue weighted by atomic mass is 32.1. The van der Waals surface area contributed by atoms with Crippen molar-refractivity contribution in [3.63, 3.8) is 0 Å². The first-order chi connectivity index (χ1) is 17.4. The van der Waals surface area contributed by atoms with Crippen molar-refractivity contribution in [2.24, 2.45) is 0 Å². The summed E-state index contributed by atoms with van der Waals surface area (Å²) in [7, 11) is 1.46. The number of carbonyl (C=O) groups excluding carboxylic acids is 2. The van der Waals surface area contributed by atoms with Gasteiger partial charge in [0, 0.05) is 39.4 Å². The van der Waals surface area contributed by atoms with Crippen LogP contribution in [0.15, 0.2) is 53.9 Å². The number of rotatable bonds is 11. The number of aromatic nitrogens is 1. The van der Waals surface area contributed by atoms with Crippen LogP contribution in [0.2, 0.25) is 0 Å². The molecule has 5 nitrogen and oxygen atoms in total. The second-order valence-corrected chi connectivity index (χ2v) is 9.33. The summed E-state index contributed by atoms with van der Waals surface area (Å²) < 4.78 is 24.2. The molecule has 4 aromatic rings. The van der Waals surface area contributed by atoms with Gasteiger partial charge in [-0.2, -0.15) is 0 Å². The Balaban J connectivity index is 1.53. The number of aryl methyl sites for hydroxylation is 2. The molecule has 0 saturated heterocycles. The minimum Gasteiger partial charge on any atom is -0.493 e. The fourth-order valence-corrected chi connectivity index (χ4v) is 5.12. The zero-order valence-corrected chi connectivity index (χ0v) is 21.4. The van der Waals surface area contributed by atoms with Crippen LogP contribution in [-0.4, -0.2) is 36.9 Å². The van der Waals surface area contributed by atoms with Crippen molar-refractivity contribution in [3.05, 3.63) is 76.3 Å². The molecule has 0 N–H and O–H groups in total. The van der Waals surface area contributed by atoms with E-state index in [-0.39, 0.29) is 31.0 Å².